The molecule has 2 aromatic carbocycles. The summed E-state index contributed by atoms with van der Waals surface area (Å²) < 4.78 is 0. The lowest BCUT2D eigenvalue weighted by Crippen LogP contribution is -2.40. The monoisotopic (exact) mass is 240 g/mol. The third-order valence-electron chi connectivity index (χ3n) is 3.37. The van der Waals surface area contributed by atoms with E-state index in [0.717, 1.165) is 16.3 Å². The van der Waals surface area contributed by atoms with Gasteiger partial charge in [0.15, 0.2) is 0 Å². The topological polar surface area (TPSA) is 58.2 Å². The van der Waals surface area contributed by atoms with Gasteiger partial charge in [0, 0.05) is 0 Å². The van der Waals surface area contributed by atoms with Gasteiger partial charge < -0.3 is 5.32 Å². The molecule has 1 saturated heterocycles. The van der Waals surface area contributed by atoms with Gasteiger partial charge in [-0.3, -0.25) is 10.1 Å². The number of urea groups is 1. The van der Waals surface area contributed by atoms with Crippen LogP contribution in [0.1, 0.15) is 12.5 Å². The van der Waals surface area contributed by atoms with E-state index in [1.165, 1.54) is 0 Å². The van der Waals surface area contributed by atoms with E-state index in [4.69, 9.17) is 0 Å². The summed E-state index contributed by atoms with van der Waals surface area (Å²) in [7, 11) is 0. The van der Waals surface area contributed by atoms with Crippen LogP contribution in [0.15, 0.2) is 42.5 Å². The van der Waals surface area contributed by atoms with Crippen LogP contribution in [0.3, 0.4) is 0 Å². The number of imide groups is 1. The Labute approximate surface area is 104 Å². The van der Waals surface area contributed by atoms with Crippen LogP contribution >= 0.6 is 0 Å². The van der Waals surface area contributed by atoms with Crippen molar-refractivity contribution in [2.45, 2.75) is 12.5 Å². The molecule has 1 atom stereocenters. The van der Waals surface area contributed by atoms with Gasteiger partial charge in [0.1, 0.15) is 5.54 Å². The van der Waals surface area contributed by atoms with E-state index in [0.29, 0.717) is 0 Å². The lowest BCUT2D eigenvalue weighted by Gasteiger charge is -2.21. The largest absolute Gasteiger partial charge is 0.322 e. The Hall–Kier alpha value is -2.36. The van der Waals surface area contributed by atoms with Gasteiger partial charge in [0.25, 0.3) is 5.91 Å². The van der Waals surface area contributed by atoms with Crippen molar-refractivity contribution in [3.05, 3.63) is 48.0 Å². The minimum atomic E-state index is -0.985. The Morgan fingerprint density at radius 1 is 1.00 bits per heavy atom. The number of fused-ring (bicyclic) bond motifs is 1. The first kappa shape index (κ1) is 10.8. The second-order valence-corrected chi connectivity index (χ2v) is 4.60. The van der Waals surface area contributed by atoms with Gasteiger partial charge in [-0.25, -0.2) is 4.79 Å². The molecule has 0 bridgehead atoms. The Balaban J connectivity index is 2.14. The second-order valence-electron chi connectivity index (χ2n) is 4.60. The standard InChI is InChI=1S/C14H12N2O2/c1-14(12(17)15-13(18)16-14)11-7-6-9-4-2-3-5-10(9)8-11/h2-8H,1H3,(H2,15,16,17,18)/t14-/m1/s1. The Kier molecular flexibility index (Phi) is 2.13. The molecule has 1 fully saturated rings. The van der Waals surface area contributed by atoms with Gasteiger partial charge in [0.05, 0.1) is 0 Å². The molecule has 4 heteroatoms. The van der Waals surface area contributed by atoms with Crippen LogP contribution in [-0.2, 0) is 10.3 Å². The van der Waals surface area contributed by atoms with Gasteiger partial charge >= 0.3 is 6.03 Å². The highest BCUT2D eigenvalue weighted by Crippen LogP contribution is 2.27. The molecule has 2 N–H and O–H groups in total. The van der Waals surface area contributed by atoms with Crippen molar-refractivity contribution in [2.24, 2.45) is 0 Å². The van der Waals surface area contributed by atoms with Crippen molar-refractivity contribution in [3.63, 3.8) is 0 Å². The number of hydrogen-bond donors (Lipinski definition) is 2. The van der Waals surface area contributed by atoms with Crippen LogP contribution in [0.5, 0.6) is 0 Å². The zero-order chi connectivity index (χ0) is 12.8. The Morgan fingerprint density at radius 2 is 1.72 bits per heavy atom. The number of carbonyl (C=O) groups is 2. The molecule has 1 heterocycles. The van der Waals surface area contributed by atoms with Gasteiger partial charge in [-0.05, 0) is 29.3 Å². The first-order valence-electron chi connectivity index (χ1n) is 5.72. The van der Waals surface area contributed by atoms with Crippen LogP contribution in [-0.4, -0.2) is 11.9 Å². The van der Waals surface area contributed by atoms with E-state index in [2.05, 4.69) is 10.6 Å². The number of benzene rings is 2. The zero-order valence-corrected chi connectivity index (χ0v) is 9.86. The fraction of sp³-hybridized carbons (Fsp3) is 0.143. The Morgan fingerprint density at radius 3 is 2.39 bits per heavy atom. The lowest BCUT2D eigenvalue weighted by atomic mass is 9.90. The number of nitrogens with one attached hydrogen (secondary N) is 2. The molecule has 4 nitrogen and oxygen atoms in total. The maximum Gasteiger partial charge on any atom is 0.322 e. The minimum Gasteiger partial charge on any atom is -0.320 e. The third-order valence-corrected chi connectivity index (χ3v) is 3.37. The first-order valence-corrected chi connectivity index (χ1v) is 5.72. The molecule has 3 amide bonds. The molecule has 0 saturated carbocycles. The number of rotatable bonds is 1. The predicted molar refractivity (Wildman–Crippen MR) is 68.0 cm³/mol. The van der Waals surface area contributed by atoms with Gasteiger partial charge in [-0.15, -0.1) is 0 Å². The maximum absolute atomic E-state index is 11.8. The number of amides is 3. The minimum absolute atomic E-state index is 0.317. The summed E-state index contributed by atoms with van der Waals surface area (Å²) in [6.07, 6.45) is 0. The van der Waals surface area contributed by atoms with Crippen molar-refractivity contribution in [1.82, 2.24) is 10.6 Å². The summed E-state index contributed by atoms with van der Waals surface area (Å²) in [6, 6.07) is 13.2. The summed E-state index contributed by atoms with van der Waals surface area (Å²) in [5.74, 6) is -0.317. The van der Waals surface area contributed by atoms with E-state index in [1.54, 1.807) is 6.92 Å². The molecule has 18 heavy (non-hydrogen) atoms. The van der Waals surface area contributed by atoms with Crippen LogP contribution in [0.2, 0.25) is 0 Å². The van der Waals surface area contributed by atoms with Crippen molar-refractivity contribution >= 4 is 22.7 Å². The fourth-order valence-electron chi connectivity index (χ4n) is 2.25. The molecule has 3 rings (SSSR count). The van der Waals surface area contributed by atoms with E-state index in [-0.39, 0.29) is 5.91 Å². The third kappa shape index (κ3) is 1.46. The number of carbonyl (C=O) groups excluding carboxylic acids is 2. The highest BCUT2D eigenvalue weighted by atomic mass is 16.2. The maximum atomic E-state index is 11.8. The van der Waals surface area contributed by atoms with E-state index in [9.17, 15) is 9.59 Å². The summed E-state index contributed by atoms with van der Waals surface area (Å²) in [5, 5.41) is 7.08. The van der Waals surface area contributed by atoms with Gasteiger partial charge in [0.2, 0.25) is 0 Å². The highest BCUT2D eigenvalue weighted by molar-refractivity contribution is 6.07. The molecule has 0 aromatic heterocycles. The molecule has 2 aromatic rings. The molecule has 0 aliphatic carbocycles. The van der Waals surface area contributed by atoms with Crippen molar-refractivity contribution in [2.75, 3.05) is 0 Å². The number of hydrogen-bond acceptors (Lipinski definition) is 2. The molecule has 1 aliphatic heterocycles. The molecular weight excluding hydrogens is 228 g/mol. The smallest absolute Gasteiger partial charge is 0.320 e. The summed E-state index contributed by atoms with van der Waals surface area (Å²) >= 11 is 0. The van der Waals surface area contributed by atoms with E-state index in [1.807, 2.05) is 42.5 Å². The van der Waals surface area contributed by atoms with Crippen LogP contribution in [0.25, 0.3) is 10.8 Å². The average Bonchev–Trinajstić information content (AvgIpc) is 2.63. The predicted octanol–water partition coefficient (Wildman–Crippen LogP) is 1.89. The summed E-state index contributed by atoms with van der Waals surface area (Å²) in [4.78, 5) is 23.1. The van der Waals surface area contributed by atoms with E-state index < -0.39 is 11.6 Å². The van der Waals surface area contributed by atoms with Crippen molar-refractivity contribution < 1.29 is 9.59 Å². The lowest BCUT2D eigenvalue weighted by molar-refractivity contribution is -0.123. The van der Waals surface area contributed by atoms with Crippen LogP contribution < -0.4 is 10.6 Å². The van der Waals surface area contributed by atoms with Gasteiger partial charge in [-0.1, -0.05) is 36.4 Å². The second kappa shape index (κ2) is 3.57. The molecule has 90 valence electrons. The van der Waals surface area contributed by atoms with Crippen molar-refractivity contribution in [1.29, 1.82) is 0 Å². The quantitative estimate of drug-likeness (QED) is 0.748. The normalized spacial score (nSPS) is 22.9. The van der Waals surface area contributed by atoms with Gasteiger partial charge in [-0.2, -0.15) is 0 Å². The van der Waals surface area contributed by atoms with Crippen LogP contribution in [0, 0.1) is 0 Å². The average molecular weight is 240 g/mol. The first-order chi connectivity index (χ1) is 8.59. The molecule has 0 radical (unpaired) electrons. The fourth-order valence-corrected chi connectivity index (χ4v) is 2.25. The molecule has 0 unspecified atom stereocenters. The summed E-state index contributed by atoms with van der Waals surface area (Å²) in [6.45, 7) is 1.71. The molecule has 0 spiro atoms. The molecular formula is C14H12N2O2. The summed E-state index contributed by atoms with van der Waals surface area (Å²) in [5.41, 5.74) is -0.203. The van der Waals surface area contributed by atoms with Crippen molar-refractivity contribution in [3.8, 4) is 0 Å². The SMILES string of the molecule is C[C@]1(c2ccc3ccccc3c2)NC(=O)NC1=O. The molecule has 1 aliphatic rings. The van der Waals surface area contributed by atoms with E-state index >= 15 is 0 Å². The Bertz CT molecular complexity index is 666. The van der Waals surface area contributed by atoms with Crippen LogP contribution in [0.4, 0.5) is 4.79 Å². The highest BCUT2D eigenvalue weighted by Gasteiger charge is 2.43. The zero-order valence-electron chi connectivity index (χ0n) is 9.86.